The number of esters is 1. The molecule has 2 aromatic carbocycles. The normalized spacial score (nSPS) is 11.6. The highest BCUT2D eigenvalue weighted by Crippen LogP contribution is 2.38. The van der Waals surface area contributed by atoms with Gasteiger partial charge < -0.3 is 19.8 Å². The molecule has 2 aromatic heterocycles. The van der Waals surface area contributed by atoms with Crippen LogP contribution in [0.1, 0.15) is 49.5 Å². The maximum Gasteiger partial charge on any atom is 0.341 e. The number of nitrogens with zero attached hydrogens (tertiary/aromatic N) is 3. The van der Waals surface area contributed by atoms with Gasteiger partial charge in [0.05, 0.1) is 24.5 Å². The Morgan fingerprint density at radius 2 is 1.91 bits per heavy atom. The van der Waals surface area contributed by atoms with Gasteiger partial charge in [0.2, 0.25) is 0 Å². The Hall–Kier alpha value is -3.61. The number of pyridine rings is 1. The zero-order valence-electron chi connectivity index (χ0n) is 19.0. The van der Waals surface area contributed by atoms with Crippen LogP contribution in [0.2, 0.25) is 0 Å². The van der Waals surface area contributed by atoms with Crippen LogP contribution in [0.15, 0.2) is 42.7 Å². The van der Waals surface area contributed by atoms with Gasteiger partial charge in [0.1, 0.15) is 22.6 Å². The van der Waals surface area contributed by atoms with Gasteiger partial charge in [-0.15, -0.1) is 0 Å². The number of imidazole rings is 1. The van der Waals surface area contributed by atoms with Crippen molar-refractivity contribution in [2.75, 3.05) is 12.8 Å². The van der Waals surface area contributed by atoms with E-state index in [4.69, 9.17) is 15.2 Å². The third-order valence-electron chi connectivity index (χ3n) is 5.38. The molecule has 0 spiro atoms. The largest absolute Gasteiger partial charge is 0.465 e. The second-order valence-electron chi connectivity index (χ2n) is 8.64. The van der Waals surface area contributed by atoms with Crippen molar-refractivity contribution >= 4 is 33.7 Å². The molecule has 0 aliphatic carbocycles. The first-order valence-electron chi connectivity index (χ1n) is 10.7. The molecule has 0 aliphatic heterocycles. The molecule has 0 fully saturated rings. The van der Waals surface area contributed by atoms with Gasteiger partial charge in [-0.05, 0) is 35.6 Å². The summed E-state index contributed by atoms with van der Waals surface area (Å²) in [5.41, 5.74) is 10.2. The fraction of sp³-hybridized carbons (Fsp3) is 0.320. The molecule has 0 amide bonds. The number of carbonyl (C=O) groups is 1. The van der Waals surface area contributed by atoms with E-state index in [9.17, 15) is 4.79 Å². The summed E-state index contributed by atoms with van der Waals surface area (Å²) in [5.74, 6) is 1.60. The Kier molecular flexibility index (Phi) is 5.74. The number of hydrogen-bond acceptors (Lipinski definition) is 6. The molecule has 32 heavy (non-hydrogen) atoms. The lowest BCUT2D eigenvalue weighted by molar-refractivity contribution is 0.0598. The molecule has 0 saturated carbocycles. The highest BCUT2D eigenvalue weighted by Gasteiger charge is 2.20. The SMILES string of the molecule is COC(=O)c1ccccc1Oc1cc(C(C)C)c2c(c1)nc(N)c1ncn(CC(C)C)c12. The number of aromatic nitrogens is 3. The van der Waals surface area contributed by atoms with E-state index >= 15 is 0 Å². The van der Waals surface area contributed by atoms with Gasteiger partial charge in [0, 0.05) is 18.0 Å². The molecule has 0 radical (unpaired) electrons. The smallest absolute Gasteiger partial charge is 0.341 e. The van der Waals surface area contributed by atoms with E-state index in [2.05, 4.69) is 42.2 Å². The van der Waals surface area contributed by atoms with Crippen LogP contribution in [0.3, 0.4) is 0 Å². The minimum Gasteiger partial charge on any atom is -0.465 e. The monoisotopic (exact) mass is 432 g/mol. The van der Waals surface area contributed by atoms with E-state index in [1.54, 1.807) is 18.2 Å². The van der Waals surface area contributed by atoms with Crippen molar-refractivity contribution in [1.29, 1.82) is 0 Å². The second-order valence-corrected chi connectivity index (χ2v) is 8.64. The Bertz CT molecular complexity index is 1310. The molecular weight excluding hydrogens is 404 g/mol. The molecule has 0 saturated heterocycles. The van der Waals surface area contributed by atoms with Crippen molar-refractivity contribution in [2.45, 2.75) is 40.2 Å². The molecule has 0 aliphatic rings. The van der Waals surface area contributed by atoms with Gasteiger partial charge in [-0.2, -0.15) is 0 Å². The number of para-hydroxylation sites is 1. The van der Waals surface area contributed by atoms with Crippen LogP contribution in [0, 0.1) is 5.92 Å². The predicted octanol–water partition coefficient (Wildman–Crippen LogP) is 5.53. The summed E-state index contributed by atoms with van der Waals surface area (Å²) >= 11 is 0. The van der Waals surface area contributed by atoms with Crippen molar-refractivity contribution in [3.63, 3.8) is 0 Å². The van der Waals surface area contributed by atoms with Gasteiger partial charge in [0.15, 0.2) is 5.82 Å². The summed E-state index contributed by atoms with van der Waals surface area (Å²) in [5, 5.41) is 1.02. The first kappa shape index (κ1) is 21.6. The number of rotatable bonds is 6. The average Bonchev–Trinajstić information content (AvgIpc) is 3.16. The van der Waals surface area contributed by atoms with Crippen LogP contribution in [0.4, 0.5) is 5.82 Å². The van der Waals surface area contributed by atoms with Crippen molar-refractivity contribution in [2.24, 2.45) is 5.92 Å². The first-order valence-corrected chi connectivity index (χ1v) is 10.7. The van der Waals surface area contributed by atoms with Crippen molar-refractivity contribution in [3.05, 3.63) is 53.9 Å². The molecule has 7 heteroatoms. The van der Waals surface area contributed by atoms with E-state index in [0.717, 1.165) is 28.5 Å². The van der Waals surface area contributed by atoms with Crippen LogP contribution in [0.25, 0.3) is 21.9 Å². The molecule has 166 valence electrons. The number of fused-ring (bicyclic) bond motifs is 3. The van der Waals surface area contributed by atoms with Gasteiger partial charge in [-0.1, -0.05) is 39.8 Å². The summed E-state index contributed by atoms with van der Waals surface area (Å²) in [6.45, 7) is 9.44. The summed E-state index contributed by atoms with van der Waals surface area (Å²) in [4.78, 5) is 21.3. The zero-order chi connectivity index (χ0) is 23.0. The summed E-state index contributed by atoms with van der Waals surface area (Å²) in [6, 6.07) is 10.9. The van der Waals surface area contributed by atoms with E-state index < -0.39 is 5.97 Å². The highest BCUT2D eigenvalue weighted by atomic mass is 16.5. The lowest BCUT2D eigenvalue weighted by Crippen LogP contribution is -2.06. The minimum atomic E-state index is -0.452. The van der Waals surface area contributed by atoms with Gasteiger partial charge >= 0.3 is 5.97 Å². The van der Waals surface area contributed by atoms with Crippen molar-refractivity contribution in [1.82, 2.24) is 14.5 Å². The average molecular weight is 433 g/mol. The number of methoxy groups -OCH3 is 1. The summed E-state index contributed by atoms with van der Waals surface area (Å²) < 4.78 is 13.2. The molecule has 2 N–H and O–H groups in total. The van der Waals surface area contributed by atoms with Crippen LogP contribution in [-0.4, -0.2) is 27.6 Å². The lowest BCUT2D eigenvalue weighted by atomic mass is 9.96. The van der Waals surface area contributed by atoms with E-state index in [-0.39, 0.29) is 5.92 Å². The van der Waals surface area contributed by atoms with Crippen LogP contribution >= 0.6 is 0 Å². The van der Waals surface area contributed by atoms with Crippen LogP contribution in [0.5, 0.6) is 11.5 Å². The quantitative estimate of drug-likeness (QED) is 0.403. The fourth-order valence-corrected chi connectivity index (χ4v) is 3.99. The topological polar surface area (TPSA) is 92.3 Å². The standard InChI is InChI=1S/C25H28N4O3/c1-14(2)12-29-13-27-22-23(29)21-18(15(3)4)10-16(11-19(21)28-24(22)26)32-20-9-7-6-8-17(20)25(30)31-5/h6-11,13-15H,12H2,1-5H3,(H2,26,28). The number of benzene rings is 2. The van der Waals surface area contributed by atoms with Crippen LogP contribution < -0.4 is 10.5 Å². The van der Waals surface area contributed by atoms with E-state index in [1.165, 1.54) is 7.11 Å². The third-order valence-corrected chi connectivity index (χ3v) is 5.38. The Morgan fingerprint density at radius 3 is 2.59 bits per heavy atom. The molecule has 4 rings (SSSR count). The molecule has 0 unspecified atom stereocenters. The number of ether oxygens (including phenoxy) is 2. The molecular formula is C25H28N4O3. The lowest BCUT2D eigenvalue weighted by Gasteiger charge is -2.17. The van der Waals surface area contributed by atoms with Gasteiger partial charge in [-0.25, -0.2) is 14.8 Å². The first-order chi connectivity index (χ1) is 15.3. The predicted molar refractivity (Wildman–Crippen MR) is 126 cm³/mol. The van der Waals surface area contributed by atoms with E-state index in [0.29, 0.717) is 34.3 Å². The molecule has 2 heterocycles. The zero-order valence-corrected chi connectivity index (χ0v) is 19.0. The van der Waals surface area contributed by atoms with Gasteiger partial charge in [-0.3, -0.25) is 0 Å². The molecule has 0 bridgehead atoms. The number of anilines is 1. The van der Waals surface area contributed by atoms with E-state index in [1.807, 2.05) is 24.5 Å². The second kappa shape index (κ2) is 8.49. The Labute approximate surface area is 187 Å². The minimum absolute atomic E-state index is 0.202. The molecule has 0 atom stereocenters. The van der Waals surface area contributed by atoms with Crippen LogP contribution in [-0.2, 0) is 11.3 Å². The maximum atomic E-state index is 12.2. The maximum absolute atomic E-state index is 12.2. The third kappa shape index (κ3) is 3.86. The Morgan fingerprint density at radius 1 is 1.16 bits per heavy atom. The number of nitrogens with two attached hydrogens (primary N) is 1. The number of nitrogen functional groups attached to an aromatic ring is 1. The number of carbonyl (C=O) groups excluding carboxylic acids is 1. The summed E-state index contributed by atoms with van der Waals surface area (Å²) in [7, 11) is 1.35. The summed E-state index contributed by atoms with van der Waals surface area (Å²) in [6.07, 6.45) is 1.84. The van der Waals surface area contributed by atoms with Crippen molar-refractivity contribution < 1.29 is 14.3 Å². The molecule has 4 aromatic rings. The number of hydrogen-bond donors (Lipinski definition) is 1. The fourth-order valence-electron chi connectivity index (χ4n) is 3.99. The molecule has 7 nitrogen and oxygen atoms in total. The van der Waals surface area contributed by atoms with Gasteiger partial charge in [0.25, 0.3) is 0 Å². The Balaban J connectivity index is 1.93. The van der Waals surface area contributed by atoms with Crippen molar-refractivity contribution in [3.8, 4) is 11.5 Å². The highest BCUT2D eigenvalue weighted by molar-refractivity contribution is 6.08.